The molecular weight excluding hydrogens is 182 g/mol. The maximum absolute atomic E-state index is 3.32. The van der Waals surface area contributed by atoms with Crippen LogP contribution in [0.4, 0.5) is 5.69 Å². The first-order chi connectivity index (χ1) is 7.33. The van der Waals surface area contributed by atoms with Gasteiger partial charge < -0.3 is 5.32 Å². The van der Waals surface area contributed by atoms with Gasteiger partial charge >= 0.3 is 0 Å². The van der Waals surface area contributed by atoms with Crippen LogP contribution in [-0.2, 0) is 0 Å². The van der Waals surface area contributed by atoms with Crippen molar-refractivity contribution in [2.45, 2.75) is 48.0 Å². The van der Waals surface area contributed by atoms with Gasteiger partial charge in [-0.15, -0.1) is 0 Å². The van der Waals surface area contributed by atoms with Crippen LogP contribution in [0.3, 0.4) is 0 Å². The Hall–Kier alpha value is -0.980. The standard InChI is InChI=1S/C10H15N.2C2H6/c1-3-8-11-10-6-4-9(2)5-7-10;2*1-2/h4-7,11H,3,8H2,1-2H3;2*1-2H3. The van der Waals surface area contributed by atoms with Crippen LogP contribution in [0.2, 0.25) is 0 Å². The van der Waals surface area contributed by atoms with Crippen LogP contribution in [0.5, 0.6) is 0 Å². The quantitative estimate of drug-likeness (QED) is 0.749. The van der Waals surface area contributed by atoms with Crippen molar-refractivity contribution >= 4 is 5.69 Å². The van der Waals surface area contributed by atoms with E-state index in [9.17, 15) is 0 Å². The van der Waals surface area contributed by atoms with Gasteiger partial charge in [0.1, 0.15) is 0 Å². The molecule has 0 unspecified atom stereocenters. The van der Waals surface area contributed by atoms with E-state index in [-0.39, 0.29) is 0 Å². The molecule has 0 saturated heterocycles. The zero-order valence-electron chi connectivity index (χ0n) is 11.2. The van der Waals surface area contributed by atoms with E-state index >= 15 is 0 Å². The Bertz CT molecular complexity index is 201. The third-order valence-electron chi connectivity index (χ3n) is 1.63. The highest BCUT2D eigenvalue weighted by atomic mass is 14.9. The van der Waals surface area contributed by atoms with E-state index in [1.165, 1.54) is 17.7 Å². The first-order valence-electron chi connectivity index (χ1n) is 6.13. The van der Waals surface area contributed by atoms with Crippen LogP contribution >= 0.6 is 0 Å². The molecule has 0 aliphatic heterocycles. The predicted octanol–water partition coefficient (Wildman–Crippen LogP) is 4.87. The molecule has 15 heavy (non-hydrogen) atoms. The van der Waals surface area contributed by atoms with Gasteiger partial charge in [-0.3, -0.25) is 0 Å². The zero-order chi connectivity index (χ0) is 12.1. The molecule has 0 radical (unpaired) electrons. The molecule has 1 aromatic carbocycles. The maximum Gasteiger partial charge on any atom is 0.0340 e. The van der Waals surface area contributed by atoms with Gasteiger partial charge in [-0.25, -0.2) is 0 Å². The second kappa shape index (κ2) is 13.0. The lowest BCUT2D eigenvalue weighted by atomic mass is 10.2. The lowest BCUT2D eigenvalue weighted by Gasteiger charge is -2.03. The summed E-state index contributed by atoms with van der Waals surface area (Å²) in [6.07, 6.45) is 1.17. The molecule has 0 aliphatic rings. The lowest BCUT2D eigenvalue weighted by Crippen LogP contribution is -1.98. The molecule has 1 nitrogen and oxygen atoms in total. The number of hydrogen-bond acceptors (Lipinski definition) is 1. The Balaban J connectivity index is 0. The summed E-state index contributed by atoms with van der Waals surface area (Å²) in [7, 11) is 0. The van der Waals surface area contributed by atoms with E-state index in [0.29, 0.717) is 0 Å². The summed E-state index contributed by atoms with van der Waals surface area (Å²) >= 11 is 0. The summed E-state index contributed by atoms with van der Waals surface area (Å²) < 4.78 is 0. The highest BCUT2D eigenvalue weighted by Gasteiger charge is 1.87. The summed E-state index contributed by atoms with van der Waals surface area (Å²) in [5.74, 6) is 0. The largest absolute Gasteiger partial charge is 0.385 e. The number of rotatable bonds is 3. The van der Waals surface area contributed by atoms with Crippen LogP contribution < -0.4 is 5.32 Å². The van der Waals surface area contributed by atoms with Gasteiger partial charge in [-0.1, -0.05) is 52.3 Å². The summed E-state index contributed by atoms with van der Waals surface area (Å²) in [6.45, 7) is 13.3. The monoisotopic (exact) mass is 209 g/mol. The van der Waals surface area contributed by atoms with E-state index in [1.807, 2.05) is 27.7 Å². The Labute approximate surface area is 95.9 Å². The Kier molecular flexibility index (Phi) is 14.3. The van der Waals surface area contributed by atoms with Crippen LogP contribution in [0.25, 0.3) is 0 Å². The average molecular weight is 209 g/mol. The van der Waals surface area contributed by atoms with Gasteiger partial charge in [0, 0.05) is 12.2 Å². The molecular formula is C14H27N. The second-order valence-electron chi connectivity index (χ2n) is 2.79. The van der Waals surface area contributed by atoms with Gasteiger partial charge in [0.15, 0.2) is 0 Å². The van der Waals surface area contributed by atoms with E-state index in [2.05, 4.69) is 43.4 Å². The van der Waals surface area contributed by atoms with Crippen molar-refractivity contribution in [2.75, 3.05) is 11.9 Å². The predicted molar refractivity (Wildman–Crippen MR) is 72.7 cm³/mol. The van der Waals surface area contributed by atoms with Crippen LogP contribution in [0, 0.1) is 6.92 Å². The molecule has 1 aromatic rings. The number of nitrogens with one attached hydrogen (secondary N) is 1. The SMILES string of the molecule is CC.CC.CCCNc1ccc(C)cc1. The summed E-state index contributed by atoms with van der Waals surface area (Å²) in [4.78, 5) is 0. The summed E-state index contributed by atoms with van der Waals surface area (Å²) in [5.41, 5.74) is 2.53. The van der Waals surface area contributed by atoms with Gasteiger partial charge in [-0.05, 0) is 25.5 Å². The number of aryl methyl sites for hydroxylation is 1. The van der Waals surface area contributed by atoms with Crippen molar-refractivity contribution in [2.24, 2.45) is 0 Å². The molecule has 1 heteroatoms. The van der Waals surface area contributed by atoms with Crippen LogP contribution in [0.15, 0.2) is 24.3 Å². The molecule has 1 rings (SSSR count). The Morgan fingerprint density at radius 2 is 1.40 bits per heavy atom. The van der Waals surface area contributed by atoms with Crippen molar-refractivity contribution in [3.8, 4) is 0 Å². The Morgan fingerprint density at radius 1 is 0.933 bits per heavy atom. The molecule has 0 aliphatic carbocycles. The molecule has 0 saturated carbocycles. The van der Waals surface area contributed by atoms with Crippen LogP contribution in [0.1, 0.15) is 46.6 Å². The molecule has 0 atom stereocenters. The smallest absolute Gasteiger partial charge is 0.0340 e. The van der Waals surface area contributed by atoms with E-state index in [1.54, 1.807) is 0 Å². The van der Waals surface area contributed by atoms with Crippen molar-refractivity contribution in [1.82, 2.24) is 0 Å². The molecule has 1 N–H and O–H groups in total. The minimum atomic E-state index is 1.06. The molecule has 88 valence electrons. The highest BCUT2D eigenvalue weighted by Crippen LogP contribution is 2.07. The second-order valence-corrected chi connectivity index (χ2v) is 2.79. The van der Waals surface area contributed by atoms with Gasteiger partial charge in [0.2, 0.25) is 0 Å². The topological polar surface area (TPSA) is 12.0 Å². The van der Waals surface area contributed by atoms with Crippen molar-refractivity contribution < 1.29 is 0 Å². The van der Waals surface area contributed by atoms with E-state index in [4.69, 9.17) is 0 Å². The molecule has 0 bridgehead atoms. The number of hydrogen-bond donors (Lipinski definition) is 1. The molecule has 0 heterocycles. The summed E-state index contributed by atoms with van der Waals surface area (Å²) in [6, 6.07) is 8.48. The first kappa shape index (κ1) is 16.4. The highest BCUT2D eigenvalue weighted by molar-refractivity contribution is 5.44. The molecule has 0 fully saturated rings. The summed E-state index contributed by atoms with van der Waals surface area (Å²) in [5, 5.41) is 3.32. The zero-order valence-corrected chi connectivity index (χ0v) is 11.2. The fourth-order valence-electron chi connectivity index (χ4n) is 0.941. The van der Waals surface area contributed by atoms with Crippen molar-refractivity contribution in [3.63, 3.8) is 0 Å². The molecule has 0 aromatic heterocycles. The fourth-order valence-corrected chi connectivity index (χ4v) is 0.941. The fraction of sp³-hybridized carbons (Fsp3) is 0.571. The minimum Gasteiger partial charge on any atom is -0.385 e. The van der Waals surface area contributed by atoms with Crippen molar-refractivity contribution in [1.29, 1.82) is 0 Å². The van der Waals surface area contributed by atoms with E-state index < -0.39 is 0 Å². The van der Waals surface area contributed by atoms with Gasteiger partial charge in [-0.2, -0.15) is 0 Å². The molecule has 0 amide bonds. The van der Waals surface area contributed by atoms with Crippen LogP contribution in [-0.4, -0.2) is 6.54 Å². The van der Waals surface area contributed by atoms with Crippen molar-refractivity contribution in [3.05, 3.63) is 29.8 Å². The maximum atomic E-state index is 3.32. The number of benzene rings is 1. The third kappa shape index (κ3) is 9.33. The normalized spacial score (nSPS) is 7.87. The van der Waals surface area contributed by atoms with Gasteiger partial charge in [0.05, 0.1) is 0 Å². The number of anilines is 1. The minimum absolute atomic E-state index is 1.06. The van der Waals surface area contributed by atoms with E-state index in [0.717, 1.165) is 6.54 Å². The third-order valence-corrected chi connectivity index (χ3v) is 1.63. The first-order valence-corrected chi connectivity index (χ1v) is 6.13. The lowest BCUT2D eigenvalue weighted by molar-refractivity contribution is 0.979. The molecule has 0 spiro atoms. The Morgan fingerprint density at radius 3 is 1.80 bits per heavy atom. The average Bonchev–Trinajstić information content (AvgIpc) is 2.34. The van der Waals surface area contributed by atoms with Gasteiger partial charge in [0.25, 0.3) is 0 Å².